The number of pyridine rings is 1. The van der Waals surface area contributed by atoms with Crippen LogP contribution in [0.1, 0.15) is 32.7 Å². The molecule has 0 saturated heterocycles. The van der Waals surface area contributed by atoms with Crippen LogP contribution >= 0.6 is 0 Å². The molecule has 0 radical (unpaired) electrons. The molecule has 2 aromatic carbocycles. The van der Waals surface area contributed by atoms with Crippen molar-refractivity contribution in [3.63, 3.8) is 0 Å². The van der Waals surface area contributed by atoms with E-state index < -0.39 is 0 Å². The Labute approximate surface area is 172 Å². The molecule has 3 aromatic rings. The van der Waals surface area contributed by atoms with Crippen LogP contribution in [-0.4, -0.2) is 35.4 Å². The normalized spacial score (nSPS) is 16.3. The maximum atomic E-state index is 12.8. The van der Waals surface area contributed by atoms with Gasteiger partial charge in [0.2, 0.25) is 0 Å². The van der Waals surface area contributed by atoms with Gasteiger partial charge in [-0.05, 0) is 68.3 Å². The van der Waals surface area contributed by atoms with E-state index >= 15 is 0 Å². The summed E-state index contributed by atoms with van der Waals surface area (Å²) >= 11 is 0. The largest absolute Gasteiger partial charge is 0.350 e. The lowest BCUT2D eigenvalue weighted by atomic mass is 9.94. The molecule has 1 atom stereocenters. The van der Waals surface area contributed by atoms with Gasteiger partial charge < -0.3 is 5.32 Å². The Balaban J connectivity index is 1.45. The van der Waals surface area contributed by atoms with Crippen molar-refractivity contribution in [3.8, 4) is 11.3 Å². The summed E-state index contributed by atoms with van der Waals surface area (Å²) in [5, 5.41) is 3.13. The monoisotopic (exact) mass is 385 g/mol. The first kappa shape index (κ1) is 19.3. The van der Waals surface area contributed by atoms with Crippen LogP contribution in [0.3, 0.4) is 0 Å². The molecule has 1 aliphatic rings. The Bertz CT molecular complexity index is 1020. The summed E-state index contributed by atoms with van der Waals surface area (Å²) in [4.78, 5) is 19.7. The van der Waals surface area contributed by atoms with Crippen molar-refractivity contribution in [1.29, 1.82) is 0 Å². The van der Waals surface area contributed by atoms with Gasteiger partial charge in [0.05, 0.1) is 5.69 Å². The molecule has 0 unspecified atom stereocenters. The highest BCUT2D eigenvalue weighted by Gasteiger charge is 2.23. The van der Waals surface area contributed by atoms with Gasteiger partial charge in [0.15, 0.2) is 0 Å². The zero-order valence-corrected chi connectivity index (χ0v) is 17.3. The third-order valence-corrected chi connectivity index (χ3v) is 5.63. The van der Waals surface area contributed by atoms with Crippen molar-refractivity contribution < 1.29 is 4.79 Å². The van der Waals surface area contributed by atoms with Crippen molar-refractivity contribution in [2.75, 3.05) is 13.6 Å². The highest BCUT2D eigenvalue weighted by atomic mass is 16.1. The Hall–Kier alpha value is -2.98. The van der Waals surface area contributed by atoms with Crippen LogP contribution in [0, 0.1) is 13.8 Å². The number of carbonyl (C=O) groups excluding carboxylic acids is 1. The average molecular weight is 386 g/mol. The van der Waals surface area contributed by atoms with Gasteiger partial charge in [-0.15, -0.1) is 0 Å². The van der Waals surface area contributed by atoms with Crippen LogP contribution in [0.4, 0.5) is 0 Å². The number of nitrogens with one attached hydrogen (secondary N) is 1. The average Bonchev–Trinajstić information content (AvgIpc) is 2.71. The first-order chi connectivity index (χ1) is 14.0. The second kappa shape index (κ2) is 8.18. The standard InChI is InChI=1S/C25H27N3O/c1-17-11-18(2)27-24(12-17)20-9-6-10-21(13-20)25(29)26-15-23-14-19-7-4-5-8-22(19)16-28(23)3/h4-13,23H,14-16H2,1-3H3,(H,26,29)/t23-/m1/s1. The molecule has 4 heteroatoms. The minimum absolute atomic E-state index is 0.0384. The smallest absolute Gasteiger partial charge is 0.251 e. The second-order valence-corrected chi connectivity index (χ2v) is 8.00. The molecule has 148 valence electrons. The maximum Gasteiger partial charge on any atom is 0.251 e. The SMILES string of the molecule is Cc1cc(C)nc(-c2cccc(C(=O)NC[C@H]3Cc4ccccc4CN3C)c2)c1. The molecule has 4 nitrogen and oxygen atoms in total. The van der Waals surface area contributed by atoms with Crippen LogP contribution < -0.4 is 5.32 Å². The predicted octanol–water partition coefficient (Wildman–Crippen LogP) is 4.15. The zero-order valence-electron chi connectivity index (χ0n) is 17.3. The number of likely N-dealkylation sites (N-methyl/N-ethyl adjacent to an activating group) is 1. The van der Waals surface area contributed by atoms with E-state index in [4.69, 9.17) is 0 Å². The molecule has 0 bridgehead atoms. The van der Waals surface area contributed by atoms with Gasteiger partial charge in [-0.1, -0.05) is 36.4 Å². The van der Waals surface area contributed by atoms with Gasteiger partial charge in [-0.2, -0.15) is 0 Å². The fourth-order valence-corrected chi connectivity index (χ4v) is 4.07. The molecule has 1 aliphatic heterocycles. The van der Waals surface area contributed by atoms with Crippen molar-refractivity contribution in [1.82, 2.24) is 15.2 Å². The quantitative estimate of drug-likeness (QED) is 0.734. The van der Waals surface area contributed by atoms with Crippen molar-refractivity contribution >= 4 is 5.91 Å². The summed E-state index contributed by atoms with van der Waals surface area (Å²) in [7, 11) is 2.12. The van der Waals surface area contributed by atoms with Crippen molar-refractivity contribution in [3.05, 3.63) is 88.6 Å². The number of hydrogen-bond donors (Lipinski definition) is 1. The molecule has 1 amide bonds. The summed E-state index contributed by atoms with van der Waals surface area (Å²) in [6.45, 7) is 5.61. The molecule has 0 saturated carbocycles. The van der Waals surface area contributed by atoms with E-state index in [-0.39, 0.29) is 5.91 Å². The molecule has 29 heavy (non-hydrogen) atoms. The Morgan fingerprint density at radius 2 is 1.86 bits per heavy atom. The number of rotatable bonds is 4. The van der Waals surface area contributed by atoms with E-state index in [1.165, 1.54) is 16.7 Å². The number of hydrogen-bond acceptors (Lipinski definition) is 3. The van der Waals surface area contributed by atoms with E-state index in [1.54, 1.807) is 0 Å². The van der Waals surface area contributed by atoms with E-state index in [0.29, 0.717) is 18.2 Å². The predicted molar refractivity (Wildman–Crippen MR) is 117 cm³/mol. The van der Waals surface area contributed by atoms with Gasteiger partial charge in [-0.25, -0.2) is 0 Å². The fraction of sp³-hybridized carbons (Fsp3) is 0.280. The van der Waals surface area contributed by atoms with Crippen molar-refractivity contribution in [2.45, 2.75) is 32.9 Å². The molecule has 4 rings (SSSR count). The lowest BCUT2D eigenvalue weighted by Gasteiger charge is -2.34. The molecule has 0 spiro atoms. The summed E-state index contributed by atoms with van der Waals surface area (Å²) in [6, 6.07) is 20.7. The minimum Gasteiger partial charge on any atom is -0.350 e. The van der Waals surface area contributed by atoms with Gasteiger partial charge >= 0.3 is 0 Å². The summed E-state index contributed by atoms with van der Waals surface area (Å²) in [5.41, 5.74) is 7.45. The van der Waals surface area contributed by atoms with Gasteiger partial charge in [0.1, 0.15) is 0 Å². The highest BCUT2D eigenvalue weighted by Crippen LogP contribution is 2.22. The Morgan fingerprint density at radius 1 is 1.07 bits per heavy atom. The molecule has 0 fully saturated rings. The Morgan fingerprint density at radius 3 is 2.66 bits per heavy atom. The minimum atomic E-state index is -0.0384. The van der Waals surface area contributed by atoms with E-state index in [1.807, 2.05) is 31.2 Å². The number of aromatic nitrogens is 1. The fourth-order valence-electron chi connectivity index (χ4n) is 4.07. The molecule has 0 aliphatic carbocycles. The molecule has 1 N–H and O–H groups in total. The first-order valence-electron chi connectivity index (χ1n) is 10.1. The number of aryl methyl sites for hydroxylation is 2. The summed E-state index contributed by atoms with van der Waals surface area (Å²) in [6.07, 6.45) is 0.958. The topological polar surface area (TPSA) is 45.2 Å². The van der Waals surface area contributed by atoms with Crippen molar-refractivity contribution in [2.24, 2.45) is 0 Å². The van der Waals surface area contributed by atoms with E-state index in [0.717, 1.165) is 29.9 Å². The van der Waals surface area contributed by atoms with E-state index in [2.05, 4.69) is 65.6 Å². The summed E-state index contributed by atoms with van der Waals surface area (Å²) in [5.74, 6) is -0.0384. The zero-order chi connectivity index (χ0) is 20.4. The third kappa shape index (κ3) is 4.38. The number of nitrogens with zero attached hydrogens (tertiary/aromatic N) is 2. The van der Waals surface area contributed by atoms with Gasteiger partial charge in [-0.3, -0.25) is 14.7 Å². The number of benzene rings is 2. The number of amides is 1. The highest BCUT2D eigenvalue weighted by molar-refractivity contribution is 5.95. The lowest BCUT2D eigenvalue weighted by molar-refractivity contribution is 0.0934. The third-order valence-electron chi connectivity index (χ3n) is 5.63. The van der Waals surface area contributed by atoms with Crippen LogP contribution in [0.5, 0.6) is 0 Å². The van der Waals surface area contributed by atoms with Crippen LogP contribution in [0.2, 0.25) is 0 Å². The van der Waals surface area contributed by atoms with Gasteiger partial charge in [0, 0.05) is 36.0 Å². The first-order valence-corrected chi connectivity index (χ1v) is 10.1. The number of carbonyl (C=O) groups is 1. The second-order valence-electron chi connectivity index (χ2n) is 8.00. The van der Waals surface area contributed by atoms with Crippen LogP contribution in [0.15, 0.2) is 60.7 Å². The summed E-state index contributed by atoms with van der Waals surface area (Å²) < 4.78 is 0. The Kier molecular flexibility index (Phi) is 5.45. The molecule has 2 heterocycles. The lowest BCUT2D eigenvalue weighted by Crippen LogP contribution is -2.45. The van der Waals surface area contributed by atoms with Crippen LogP contribution in [-0.2, 0) is 13.0 Å². The van der Waals surface area contributed by atoms with E-state index in [9.17, 15) is 4.79 Å². The maximum absolute atomic E-state index is 12.8. The number of fused-ring (bicyclic) bond motifs is 1. The van der Waals surface area contributed by atoms with Gasteiger partial charge in [0.25, 0.3) is 5.91 Å². The van der Waals surface area contributed by atoms with Crippen LogP contribution in [0.25, 0.3) is 11.3 Å². The molecular weight excluding hydrogens is 358 g/mol. The molecular formula is C25H27N3O. The molecule has 1 aromatic heterocycles.